The van der Waals surface area contributed by atoms with Crippen LogP contribution in [0.25, 0.3) is 0 Å². The van der Waals surface area contributed by atoms with Gasteiger partial charge in [-0.05, 0) is 39.2 Å². The molecule has 1 aliphatic heterocycles. The summed E-state index contributed by atoms with van der Waals surface area (Å²) >= 11 is 0. The number of likely N-dealkylation sites (tertiary alicyclic amines) is 1. The van der Waals surface area contributed by atoms with Gasteiger partial charge in [0.2, 0.25) is 0 Å². The molecule has 1 aromatic rings. The molecule has 1 aliphatic rings. The molecular formula is C19H26N2O6. The van der Waals surface area contributed by atoms with Crippen LogP contribution in [0.3, 0.4) is 0 Å². The molecule has 1 fully saturated rings. The fourth-order valence-electron chi connectivity index (χ4n) is 2.79. The average molecular weight is 378 g/mol. The average Bonchev–Trinajstić information content (AvgIpc) is 2.60. The van der Waals surface area contributed by atoms with Gasteiger partial charge in [-0.25, -0.2) is 14.4 Å². The number of carbonyl (C=O) groups is 3. The van der Waals surface area contributed by atoms with Crippen molar-refractivity contribution in [1.29, 1.82) is 0 Å². The lowest BCUT2D eigenvalue weighted by atomic mass is 9.87. The monoisotopic (exact) mass is 378 g/mol. The number of hydrogen-bond donors (Lipinski definition) is 2. The summed E-state index contributed by atoms with van der Waals surface area (Å²) < 4.78 is 10.7. The number of esters is 1. The first-order valence-corrected chi connectivity index (χ1v) is 8.81. The second-order valence-corrected chi connectivity index (χ2v) is 7.54. The molecule has 2 N–H and O–H groups in total. The van der Waals surface area contributed by atoms with E-state index in [1.165, 1.54) is 4.90 Å². The molecule has 0 spiro atoms. The summed E-state index contributed by atoms with van der Waals surface area (Å²) in [6.45, 7) is 5.51. The van der Waals surface area contributed by atoms with Crippen molar-refractivity contribution in [3.05, 3.63) is 35.9 Å². The number of hydrogen-bond acceptors (Lipinski definition) is 5. The molecule has 8 heteroatoms. The van der Waals surface area contributed by atoms with Gasteiger partial charge in [0.1, 0.15) is 17.7 Å². The first-order valence-electron chi connectivity index (χ1n) is 8.81. The molecule has 1 saturated heterocycles. The van der Waals surface area contributed by atoms with Gasteiger partial charge < -0.3 is 24.8 Å². The van der Waals surface area contributed by atoms with Crippen LogP contribution in [0.1, 0.15) is 39.2 Å². The molecule has 2 rings (SSSR count). The van der Waals surface area contributed by atoms with Crippen molar-refractivity contribution in [2.75, 3.05) is 13.1 Å². The highest BCUT2D eigenvalue weighted by atomic mass is 16.6. The molecule has 0 aromatic heterocycles. The van der Waals surface area contributed by atoms with Gasteiger partial charge in [0.25, 0.3) is 0 Å². The number of carbonyl (C=O) groups excluding carboxylic acids is 2. The summed E-state index contributed by atoms with van der Waals surface area (Å²) in [5, 5.41) is 11.8. The standard InChI is InChI=1S/C19H26N2O6/c1-18(2,3)27-15(22)19(9-11-21(12-10-19)17(24)25)20-16(23)26-13-14-7-5-4-6-8-14/h4-8H,9-13H2,1-3H3,(H,20,23)(H,24,25). The first kappa shape index (κ1) is 20.5. The van der Waals surface area contributed by atoms with Crippen LogP contribution in [0.4, 0.5) is 9.59 Å². The normalized spacial score (nSPS) is 16.3. The second kappa shape index (κ2) is 8.28. The zero-order chi connectivity index (χ0) is 20.1. The smallest absolute Gasteiger partial charge is 0.408 e. The first-order chi connectivity index (χ1) is 12.6. The highest BCUT2D eigenvalue weighted by Crippen LogP contribution is 2.26. The highest BCUT2D eigenvalue weighted by molar-refractivity contribution is 5.86. The third-order valence-corrected chi connectivity index (χ3v) is 4.23. The van der Waals surface area contributed by atoms with Gasteiger partial charge in [0.05, 0.1) is 0 Å². The molecule has 1 aromatic carbocycles. The number of rotatable bonds is 4. The predicted molar refractivity (Wildman–Crippen MR) is 97.2 cm³/mol. The Kier molecular flexibility index (Phi) is 6.30. The highest BCUT2D eigenvalue weighted by Gasteiger charge is 2.46. The molecule has 0 radical (unpaired) electrons. The Balaban J connectivity index is 2.06. The lowest BCUT2D eigenvalue weighted by Crippen LogP contribution is -2.62. The number of benzene rings is 1. The van der Waals surface area contributed by atoms with Crippen molar-refractivity contribution < 1.29 is 29.0 Å². The third-order valence-electron chi connectivity index (χ3n) is 4.23. The Morgan fingerprint density at radius 1 is 1.15 bits per heavy atom. The summed E-state index contributed by atoms with van der Waals surface area (Å²) in [5.74, 6) is -0.586. The topological polar surface area (TPSA) is 105 Å². The van der Waals surface area contributed by atoms with Crippen molar-refractivity contribution in [2.45, 2.75) is 51.4 Å². The maximum Gasteiger partial charge on any atom is 0.408 e. The van der Waals surface area contributed by atoms with Crippen molar-refractivity contribution in [3.8, 4) is 0 Å². The maximum absolute atomic E-state index is 12.8. The van der Waals surface area contributed by atoms with Gasteiger partial charge in [0.15, 0.2) is 0 Å². The number of ether oxygens (including phenoxy) is 2. The van der Waals surface area contributed by atoms with E-state index >= 15 is 0 Å². The van der Waals surface area contributed by atoms with Gasteiger partial charge in [-0.3, -0.25) is 0 Å². The van der Waals surface area contributed by atoms with Crippen molar-refractivity contribution in [1.82, 2.24) is 10.2 Å². The minimum Gasteiger partial charge on any atom is -0.465 e. The maximum atomic E-state index is 12.8. The Morgan fingerprint density at radius 2 is 1.74 bits per heavy atom. The van der Waals surface area contributed by atoms with Gasteiger partial charge >= 0.3 is 18.2 Å². The number of alkyl carbamates (subject to hydrolysis) is 1. The largest absolute Gasteiger partial charge is 0.465 e. The van der Waals surface area contributed by atoms with E-state index in [4.69, 9.17) is 14.6 Å². The van der Waals surface area contributed by atoms with E-state index in [0.29, 0.717) is 0 Å². The summed E-state index contributed by atoms with van der Waals surface area (Å²) in [6, 6.07) is 9.17. The molecule has 0 saturated carbocycles. The molecule has 0 unspecified atom stereocenters. The Bertz CT molecular complexity index is 675. The Hall–Kier alpha value is -2.77. The minimum atomic E-state index is -1.31. The molecule has 27 heavy (non-hydrogen) atoms. The number of amides is 2. The second-order valence-electron chi connectivity index (χ2n) is 7.54. The lowest BCUT2D eigenvalue weighted by molar-refractivity contribution is -0.165. The van der Waals surface area contributed by atoms with Gasteiger partial charge in [0, 0.05) is 13.1 Å². The summed E-state index contributed by atoms with van der Waals surface area (Å²) in [6.07, 6.45) is -1.56. The number of carboxylic acid groups (broad SMARTS) is 1. The van der Waals surface area contributed by atoms with Crippen molar-refractivity contribution >= 4 is 18.2 Å². The minimum absolute atomic E-state index is 0.0678. The SMILES string of the molecule is CC(C)(C)OC(=O)C1(NC(=O)OCc2ccccc2)CCN(C(=O)O)CC1. The number of nitrogens with one attached hydrogen (secondary N) is 1. The summed E-state index contributed by atoms with van der Waals surface area (Å²) in [7, 11) is 0. The number of piperidine rings is 1. The van der Waals surface area contributed by atoms with E-state index in [1.54, 1.807) is 20.8 Å². The summed E-state index contributed by atoms with van der Waals surface area (Å²) in [4.78, 5) is 37.4. The molecular weight excluding hydrogens is 352 g/mol. The van der Waals surface area contributed by atoms with Gasteiger partial charge in [-0.2, -0.15) is 0 Å². The Labute approximate surface area is 158 Å². The van der Waals surface area contributed by atoms with E-state index in [0.717, 1.165) is 5.56 Å². The Morgan fingerprint density at radius 3 is 2.26 bits per heavy atom. The van der Waals surface area contributed by atoms with Crippen molar-refractivity contribution in [2.24, 2.45) is 0 Å². The zero-order valence-corrected chi connectivity index (χ0v) is 15.9. The quantitative estimate of drug-likeness (QED) is 0.781. The summed E-state index contributed by atoms with van der Waals surface area (Å²) in [5.41, 5.74) is -1.23. The molecule has 2 amide bonds. The lowest BCUT2D eigenvalue weighted by Gasteiger charge is -2.40. The van der Waals surface area contributed by atoms with Crippen LogP contribution in [0, 0.1) is 0 Å². The zero-order valence-electron chi connectivity index (χ0n) is 15.9. The van der Waals surface area contributed by atoms with Crippen LogP contribution in [0.5, 0.6) is 0 Å². The van der Waals surface area contributed by atoms with E-state index < -0.39 is 29.3 Å². The molecule has 8 nitrogen and oxygen atoms in total. The predicted octanol–water partition coefficient (Wildman–Crippen LogP) is 2.77. The molecule has 0 aliphatic carbocycles. The molecule has 148 valence electrons. The molecule has 1 heterocycles. The van der Waals surface area contributed by atoms with Crippen LogP contribution in [0.2, 0.25) is 0 Å². The molecule has 0 atom stereocenters. The van der Waals surface area contributed by atoms with Crippen LogP contribution >= 0.6 is 0 Å². The van der Waals surface area contributed by atoms with E-state index in [2.05, 4.69) is 5.32 Å². The fourth-order valence-corrected chi connectivity index (χ4v) is 2.79. The van der Waals surface area contributed by atoms with E-state index in [1.807, 2.05) is 30.3 Å². The van der Waals surface area contributed by atoms with Crippen LogP contribution in [-0.4, -0.2) is 52.4 Å². The van der Waals surface area contributed by atoms with Gasteiger partial charge in [-0.1, -0.05) is 30.3 Å². The van der Waals surface area contributed by atoms with Crippen LogP contribution in [0.15, 0.2) is 30.3 Å². The van der Waals surface area contributed by atoms with Crippen molar-refractivity contribution in [3.63, 3.8) is 0 Å². The van der Waals surface area contributed by atoms with E-state index in [-0.39, 0.29) is 32.5 Å². The fraction of sp³-hybridized carbons (Fsp3) is 0.526. The third kappa shape index (κ3) is 5.87. The van der Waals surface area contributed by atoms with Gasteiger partial charge in [-0.15, -0.1) is 0 Å². The number of nitrogens with zero attached hydrogens (tertiary/aromatic N) is 1. The van der Waals surface area contributed by atoms with Crippen LogP contribution < -0.4 is 5.32 Å². The van der Waals surface area contributed by atoms with E-state index in [9.17, 15) is 14.4 Å². The molecule has 0 bridgehead atoms. The van der Waals surface area contributed by atoms with Crippen LogP contribution in [-0.2, 0) is 20.9 Å².